The second-order valence-corrected chi connectivity index (χ2v) is 8.40. The lowest BCUT2D eigenvalue weighted by Gasteiger charge is -2.39. The molecule has 0 amide bonds. The van der Waals surface area contributed by atoms with Crippen LogP contribution in [0.4, 0.5) is 5.69 Å². The Hall–Kier alpha value is -2.31. The van der Waals surface area contributed by atoms with E-state index in [-0.39, 0.29) is 0 Å². The zero-order valence-corrected chi connectivity index (χ0v) is 17.7. The number of carboxylic acid groups (broad SMARTS) is 1. The highest BCUT2D eigenvalue weighted by molar-refractivity contribution is 9.10. The molecule has 1 aromatic heterocycles. The van der Waals surface area contributed by atoms with Crippen LogP contribution in [0.2, 0.25) is 0 Å². The number of fused-ring (bicyclic) bond motifs is 1. The number of nitrogens with one attached hydrogen (secondary N) is 1. The van der Waals surface area contributed by atoms with Gasteiger partial charge in [-0.15, -0.1) is 0 Å². The first-order chi connectivity index (χ1) is 13.4. The van der Waals surface area contributed by atoms with Crippen LogP contribution in [0.5, 0.6) is 0 Å². The fraction of sp³-hybridized carbons (Fsp3) is 0.318. The Labute approximate surface area is 173 Å². The molecule has 2 heterocycles. The number of aromatic nitrogens is 1. The van der Waals surface area contributed by atoms with Crippen molar-refractivity contribution in [3.8, 4) is 0 Å². The molecule has 0 aliphatic carbocycles. The molecule has 146 valence electrons. The maximum absolute atomic E-state index is 12.2. The van der Waals surface area contributed by atoms with Crippen LogP contribution in [0.3, 0.4) is 0 Å². The summed E-state index contributed by atoms with van der Waals surface area (Å²) >= 11 is 3.50. The molecular weight excluding hydrogens is 418 g/mol. The number of aliphatic carboxylic acids is 1. The maximum atomic E-state index is 12.2. The minimum atomic E-state index is -0.805. The molecule has 3 aromatic rings. The number of carbonyl (C=O) groups is 1. The first-order valence-corrected chi connectivity index (χ1v) is 10.3. The molecule has 1 saturated heterocycles. The first-order valence-electron chi connectivity index (χ1n) is 9.49. The van der Waals surface area contributed by atoms with Gasteiger partial charge in [0.1, 0.15) is 6.04 Å². The monoisotopic (exact) mass is 441 g/mol. The van der Waals surface area contributed by atoms with Crippen LogP contribution in [0.15, 0.2) is 47.1 Å². The molecule has 1 aliphatic rings. The van der Waals surface area contributed by atoms with Gasteiger partial charge in [-0.3, -0.25) is 9.69 Å². The van der Waals surface area contributed by atoms with Gasteiger partial charge in [0.25, 0.3) is 0 Å². The van der Waals surface area contributed by atoms with E-state index in [2.05, 4.69) is 62.8 Å². The SMILES string of the molecule is Cc1ccc(N2CCN(C(C(=O)O)c3c[nH]c4ccc(Br)cc34)CC2)c(C)c1. The lowest BCUT2D eigenvalue weighted by Crippen LogP contribution is -2.49. The van der Waals surface area contributed by atoms with Gasteiger partial charge in [0.2, 0.25) is 0 Å². The summed E-state index contributed by atoms with van der Waals surface area (Å²) in [6.45, 7) is 7.31. The highest BCUT2D eigenvalue weighted by Gasteiger charge is 2.32. The van der Waals surface area contributed by atoms with E-state index in [1.165, 1.54) is 16.8 Å². The van der Waals surface area contributed by atoms with E-state index < -0.39 is 12.0 Å². The highest BCUT2D eigenvalue weighted by atomic mass is 79.9. The number of nitrogens with zero attached hydrogens (tertiary/aromatic N) is 2. The third kappa shape index (κ3) is 3.54. The Kier molecular flexibility index (Phi) is 5.17. The minimum absolute atomic E-state index is 0.649. The van der Waals surface area contributed by atoms with Crippen molar-refractivity contribution in [3.63, 3.8) is 0 Å². The summed E-state index contributed by atoms with van der Waals surface area (Å²) in [4.78, 5) is 19.8. The molecule has 1 fully saturated rings. The molecule has 4 rings (SSSR count). The Bertz CT molecular complexity index is 1020. The number of piperazine rings is 1. The normalized spacial score (nSPS) is 16.5. The Morgan fingerprint density at radius 3 is 2.54 bits per heavy atom. The highest BCUT2D eigenvalue weighted by Crippen LogP contribution is 2.32. The Morgan fingerprint density at radius 2 is 1.86 bits per heavy atom. The van der Waals surface area contributed by atoms with Gasteiger partial charge in [0, 0.05) is 59.0 Å². The van der Waals surface area contributed by atoms with Crippen molar-refractivity contribution in [2.24, 2.45) is 0 Å². The number of halogens is 1. The van der Waals surface area contributed by atoms with Gasteiger partial charge < -0.3 is 15.0 Å². The van der Waals surface area contributed by atoms with Gasteiger partial charge in [0.15, 0.2) is 0 Å². The number of hydrogen-bond acceptors (Lipinski definition) is 3. The van der Waals surface area contributed by atoms with Crippen LogP contribution in [0.1, 0.15) is 22.7 Å². The topological polar surface area (TPSA) is 59.6 Å². The van der Waals surface area contributed by atoms with E-state index in [4.69, 9.17) is 0 Å². The number of hydrogen-bond donors (Lipinski definition) is 2. The molecule has 0 saturated carbocycles. The van der Waals surface area contributed by atoms with E-state index in [1.54, 1.807) is 0 Å². The van der Waals surface area contributed by atoms with E-state index in [9.17, 15) is 9.90 Å². The number of rotatable bonds is 4. The van der Waals surface area contributed by atoms with Crippen molar-refractivity contribution in [2.45, 2.75) is 19.9 Å². The van der Waals surface area contributed by atoms with Gasteiger partial charge in [-0.25, -0.2) is 0 Å². The molecular formula is C22H24BrN3O2. The van der Waals surface area contributed by atoms with Crippen LogP contribution in [-0.2, 0) is 4.79 Å². The number of anilines is 1. The molecule has 1 atom stereocenters. The fourth-order valence-electron chi connectivity index (χ4n) is 4.21. The third-order valence-electron chi connectivity index (χ3n) is 5.58. The Morgan fingerprint density at radius 1 is 1.11 bits per heavy atom. The van der Waals surface area contributed by atoms with Crippen LogP contribution < -0.4 is 4.90 Å². The number of aryl methyl sites for hydroxylation is 2. The van der Waals surface area contributed by atoms with Gasteiger partial charge in [0.05, 0.1) is 0 Å². The fourth-order valence-corrected chi connectivity index (χ4v) is 4.57. The number of aromatic amines is 1. The average Bonchev–Trinajstić information content (AvgIpc) is 3.05. The summed E-state index contributed by atoms with van der Waals surface area (Å²) in [5.74, 6) is -0.805. The molecule has 0 bridgehead atoms. The lowest BCUT2D eigenvalue weighted by molar-refractivity contribution is -0.143. The molecule has 5 nitrogen and oxygen atoms in total. The van der Waals surface area contributed by atoms with E-state index in [0.29, 0.717) is 13.1 Å². The summed E-state index contributed by atoms with van der Waals surface area (Å²) < 4.78 is 0.949. The number of carboxylic acids is 1. The summed E-state index contributed by atoms with van der Waals surface area (Å²) in [6.07, 6.45) is 1.84. The summed E-state index contributed by atoms with van der Waals surface area (Å²) in [5.41, 5.74) is 5.55. The standard InChI is InChI=1S/C22H24BrN3O2/c1-14-3-6-20(15(2)11-14)25-7-9-26(10-8-25)21(22(27)28)18-13-24-19-5-4-16(23)12-17(18)19/h3-6,11-13,21,24H,7-10H2,1-2H3,(H,27,28). The molecule has 28 heavy (non-hydrogen) atoms. The smallest absolute Gasteiger partial charge is 0.325 e. The number of benzene rings is 2. The van der Waals surface area contributed by atoms with E-state index in [1.807, 2.05) is 24.4 Å². The average molecular weight is 442 g/mol. The number of H-pyrrole nitrogens is 1. The van der Waals surface area contributed by atoms with Gasteiger partial charge in [-0.1, -0.05) is 33.6 Å². The van der Waals surface area contributed by atoms with E-state index >= 15 is 0 Å². The molecule has 6 heteroatoms. The summed E-state index contributed by atoms with van der Waals surface area (Å²) in [5, 5.41) is 11.0. The van der Waals surface area contributed by atoms with Gasteiger partial charge in [-0.2, -0.15) is 0 Å². The largest absolute Gasteiger partial charge is 0.480 e. The van der Waals surface area contributed by atoms with Crippen molar-refractivity contribution >= 4 is 38.5 Å². The summed E-state index contributed by atoms with van der Waals surface area (Å²) in [7, 11) is 0. The minimum Gasteiger partial charge on any atom is -0.480 e. The zero-order chi connectivity index (χ0) is 19.8. The zero-order valence-electron chi connectivity index (χ0n) is 16.1. The van der Waals surface area contributed by atoms with Crippen LogP contribution >= 0.6 is 15.9 Å². The van der Waals surface area contributed by atoms with Crippen molar-refractivity contribution in [1.82, 2.24) is 9.88 Å². The molecule has 2 aromatic carbocycles. The van der Waals surface area contributed by atoms with Crippen molar-refractivity contribution < 1.29 is 9.90 Å². The molecule has 1 aliphatic heterocycles. The quantitative estimate of drug-likeness (QED) is 0.625. The van der Waals surface area contributed by atoms with Crippen LogP contribution in [0, 0.1) is 13.8 Å². The van der Waals surface area contributed by atoms with Crippen LogP contribution in [0.25, 0.3) is 10.9 Å². The van der Waals surface area contributed by atoms with Crippen molar-refractivity contribution in [1.29, 1.82) is 0 Å². The van der Waals surface area contributed by atoms with Crippen molar-refractivity contribution in [2.75, 3.05) is 31.1 Å². The first kappa shape index (κ1) is 19.0. The summed E-state index contributed by atoms with van der Waals surface area (Å²) in [6, 6.07) is 11.8. The lowest BCUT2D eigenvalue weighted by atomic mass is 10.0. The predicted molar refractivity (Wildman–Crippen MR) is 116 cm³/mol. The maximum Gasteiger partial charge on any atom is 0.325 e. The second-order valence-electron chi connectivity index (χ2n) is 7.49. The van der Waals surface area contributed by atoms with Gasteiger partial charge in [-0.05, 0) is 43.7 Å². The second kappa shape index (κ2) is 7.60. The Balaban J connectivity index is 1.57. The molecule has 1 unspecified atom stereocenters. The molecule has 0 spiro atoms. The van der Waals surface area contributed by atoms with Gasteiger partial charge >= 0.3 is 5.97 Å². The predicted octanol–water partition coefficient (Wildman–Crippen LogP) is 4.50. The van der Waals surface area contributed by atoms with E-state index in [0.717, 1.165) is 34.0 Å². The van der Waals surface area contributed by atoms with Crippen LogP contribution in [-0.4, -0.2) is 47.1 Å². The third-order valence-corrected chi connectivity index (χ3v) is 6.07. The molecule has 0 radical (unpaired) electrons. The van der Waals surface area contributed by atoms with Crippen molar-refractivity contribution in [3.05, 3.63) is 63.8 Å². The molecule has 2 N–H and O–H groups in total.